The molecule has 0 spiro atoms. The van der Waals surface area contributed by atoms with Crippen molar-refractivity contribution in [1.29, 1.82) is 0 Å². The highest BCUT2D eigenvalue weighted by molar-refractivity contribution is 5.89. The number of carboxylic acid groups (broad SMARTS) is 1. The fraction of sp³-hybridized carbons (Fsp3) is 0.258. The molecule has 4 aromatic rings. The molecular formula is C31H29FN3O6-. The number of nitrogens with one attached hydrogen (secondary N) is 1. The Morgan fingerprint density at radius 2 is 1.83 bits per heavy atom. The van der Waals surface area contributed by atoms with Crippen molar-refractivity contribution in [3.05, 3.63) is 102 Å². The van der Waals surface area contributed by atoms with Crippen molar-refractivity contribution in [3.8, 4) is 5.75 Å². The molecule has 212 valence electrons. The molecule has 1 N–H and O–H groups in total. The molecule has 2 unspecified atom stereocenters. The predicted molar refractivity (Wildman–Crippen MR) is 148 cm³/mol. The molecule has 2 atom stereocenters. The van der Waals surface area contributed by atoms with Crippen molar-refractivity contribution in [1.82, 2.24) is 9.88 Å². The molecule has 0 radical (unpaired) electrons. The highest BCUT2D eigenvalue weighted by atomic mass is 19.1. The summed E-state index contributed by atoms with van der Waals surface area (Å²) in [4.78, 5) is 28.9. The first-order valence-corrected chi connectivity index (χ1v) is 13.3. The van der Waals surface area contributed by atoms with Crippen molar-refractivity contribution in [2.45, 2.75) is 25.0 Å². The van der Waals surface area contributed by atoms with Crippen LogP contribution < -0.4 is 15.2 Å². The lowest BCUT2D eigenvalue weighted by Crippen LogP contribution is -2.51. The molecule has 1 fully saturated rings. The maximum Gasteiger partial charge on any atom is 0.412 e. The van der Waals surface area contributed by atoms with Gasteiger partial charge in [-0.1, -0.05) is 42.5 Å². The zero-order chi connectivity index (χ0) is 28.6. The molecule has 1 aliphatic rings. The van der Waals surface area contributed by atoms with Crippen LogP contribution in [0.1, 0.15) is 23.5 Å². The molecule has 1 aliphatic heterocycles. The first kappa shape index (κ1) is 27.9. The SMILES string of the molecule is O=C(Nc1ccccn1)OCCOc1cc(COC2CN(C(=O)[O-])CCC2c2ccc(F)cc2)cc2ccccc12. The molecule has 0 saturated carbocycles. The monoisotopic (exact) mass is 558 g/mol. The molecule has 2 amide bonds. The Balaban J connectivity index is 1.25. The molecule has 0 bridgehead atoms. The molecule has 3 aromatic carbocycles. The van der Waals surface area contributed by atoms with Crippen LogP contribution in [0.2, 0.25) is 0 Å². The number of benzene rings is 3. The largest absolute Gasteiger partial charge is 0.530 e. The second kappa shape index (κ2) is 13.1. The van der Waals surface area contributed by atoms with E-state index in [2.05, 4.69) is 10.3 Å². The minimum atomic E-state index is -1.24. The van der Waals surface area contributed by atoms with E-state index in [0.29, 0.717) is 24.5 Å². The summed E-state index contributed by atoms with van der Waals surface area (Å²) >= 11 is 0. The number of carbonyl (C=O) groups is 2. The third-order valence-corrected chi connectivity index (χ3v) is 6.93. The summed E-state index contributed by atoms with van der Waals surface area (Å²) in [6, 6.07) is 23.0. The Bertz CT molecular complexity index is 1480. The van der Waals surface area contributed by atoms with Gasteiger partial charge in [0.2, 0.25) is 0 Å². The van der Waals surface area contributed by atoms with E-state index in [1.807, 2.05) is 36.4 Å². The molecule has 0 aliphatic carbocycles. The quantitative estimate of drug-likeness (QED) is 0.296. The second-order valence-electron chi connectivity index (χ2n) is 9.65. The molecule has 1 saturated heterocycles. The van der Waals surface area contributed by atoms with E-state index in [1.165, 1.54) is 17.0 Å². The van der Waals surface area contributed by atoms with E-state index >= 15 is 0 Å². The second-order valence-corrected chi connectivity index (χ2v) is 9.65. The third kappa shape index (κ3) is 7.29. The summed E-state index contributed by atoms with van der Waals surface area (Å²) in [5.74, 6) is 0.558. The van der Waals surface area contributed by atoms with Gasteiger partial charge in [0.15, 0.2) is 0 Å². The van der Waals surface area contributed by atoms with Crippen molar-refractivity contribution in [2.24, 2.45) is 0 Å². The highest BCUT2D eigenvalue weighted by Crippen LogP contribution is 2.33. The Kier molecular flexibility index (Phi) is 8.90. The van der Waals surface area contributed by atoms with Gasteiger partial charge in [-0.25, -0.2) is 14.2 Å². The number of rotatable bonds is 9. The number of fused-ring (bicyclic) bond motifs is 1. The van der Waals surface area contributed by atoms with Crippen molar-refractivity contribution >= 4 is 28.8 Å². The summed E-state index contributed by atoms with van der Waals surface area (Å²) in [5.41, 5.74) is 1.72. The minimum absolute atomic E-state index is 0.0220. The molecule has 9 nitrogen and oxygen atoms in total. The van der Waals surface area contributed by atoms with Gasteiger partial charge in [-0.05, 0) is 59.3 Å². The van der Waals surface area contributed by atoms with Gasteiger partial charge in [-0.3, -0.25) is 5.32 Å². The Hall–Kier alpha value is -4.70. The number of pyridine rings is 1. The van der Waals surface area contributed by atoms with Gasteiger partial charge < -0.3 is 29.0 Å². The predicted octanol–water partition coefficient (Wildman–Crippen LogP) is 4.72. The normalized spacial score (nSPS) is 16.8. The van der Waals surface area contributed by atoms with Crippen LogP contribution in [-0.4, -0.2) is 54.5 Å². The Morgan fingerprint density at radius 1 is 1.02 bits per heavy atom. The van der Waals surface area contributed by atoms with E-state index in [9.17, 15) is 19.1 Å². The van der Waals surface area contributed by atoms with Crippen LogP contribution in [-0.2, 0) is 16.1 Å². The third-order valence-electron chi connectivity index (χ3n) is 6.93. The lowest BCUT2D eigenvalue weighted by Gasteiger charge is -2.40. The summed E-state index contributed by atoms with van der Waals surface area (Å²) in [6.45, 7) is 0.820. The number of carbonyl (C=O) groups excluding carboxylic acids is 2. The molecular weight excluding hydrogens is 529 g/mol. The maximum absolute atomic E-state index is 13.5. The van der Waals surface area contributed by atoms with Gasteiger partial charge in [0.05, 0.1) is 12.7 Å². The number of hydrogen-bond donors (Lipinski definition) is 1. The van der Waals surface area contributed by atoms with Crippen LogP contribution in [0, 0.1) is 5.82 Å². The number of halogens is 1. The van der Waals surface area contributed by atoms with E-state index in [4.69, 9.17) is 14.2 Å². The number of likely N-dealkylation sites (tertiary alicyclic amines) is 1. The first-order valence-electron chi connectivity index (χ1n) is 13.3. The highest BCUT2D eigenvalue weighted by Gasteiger charge is 2.31. The molecule has 41 heavy (non-hydrogen) atoms. The van der Waals surface area contributed by atoms with Crippen LogP contribution in [0.4, 0.5) is 19.8 Å². The molecule has 5 rings (SSSR count). The number of piperidine rings is 1. The zero-order valence-electron chi connectivity index (χ0n) is 22.2. The summed E-state index contributed by atoms with van der Waals surface area (Å²) in [6.07, 6.45) is -0.225. The number of amides is 2. The van der Waals surface area contributed by atoms with Gasteiger partial charge in [0, 0.05) is 30.6 Å². The topological polar surface area (TPSA) is 113 Å². The first-order chi connectivity index (χ1) is 20.0. The van der Waals surface area contributed by atoms with Gasteiger partial charge in [-0.15, -0.1) is 0 Å². The Morgan fingerprint density at radius 3 is 2.61 bits per heavy atom. The number of anilines is 1. The van der Waals surface area contributed by atoms with E-state index in [0.717, 1.165) is 21.9 Å². The molecule has 1 aromatic heterocycles. The van der Waals surface area contributed by atoms with Gasteiger partial charge in [0.25, 0.3) is 0 Å². The van der Waals surface area contributed by atoms with Crippen LogP contribution in [0.3, 0.4) is 0 Å². The van der Waals surface area contributed by atoms with E-state index < -0.39 is 18.3 Å². The lowest BCUT2D eigenvalue weighted by molar-refractivity contribution is -0.268. The summed E-state index contributed by atoms with van der Waals surface area (Å²) in [5, 5.41) is 15.9. The van der Waals surface area contributed by atoms with Crippen molar-refractivity contribution in [3.63, 3.8) is 0 Å². The molecule has 2 heterocycles. The van der Waals surface area contributed by atoms with Crippen LogP contribution in [0.15, 0.2) is 85.1 Å². The molecule has 10 heteroatoms. The number of ether oxygens (including phenoxy) is 3. The smallest absolute Gasteiger partial charge is 0.412 e. The van der Waals surface area contributed by atoms with E-state index in [-0.39, 0.29) is 38.1 Å². The summed E-state index contributed by atoms with van der Waals surface area (Å²) < 4.78 is 31.0. The fourth-order valence-corrected chi connectivity index (χ4v) is 4.95. The average molecular weight is 559 g/mol. The maximum atomic E-state index is 13.5. The average Bonchev–Trinajstić information content (AvgIpc) is 2.99. The standard InChI is InChI=1S/C31H30FN3O6/c32-24-10-8-22(9-11-24)26-12-14-35(31(37)38)19-28(26)41-20-21-17-23-5-1-2-6-25(23)27(18-21)39-15-16-40-30(36)34-29-7-3-4-13-33-29/h1-11,13,17-18,26,28H,12,14-16,19-20H2,(H,37,38)(H,33,34,36)/p-1. The van der Waals surface area contributed by atoms with Crippen LogP contribution in [0.5, 0.6) is 5.75 Å². The van der Waals surface area contributed by atoms with Crippen molar-refractivity contribution < 1.29 is 33.3 Å². The Labute approximate surface area is 236 Å². The van der Waals surface area contributed by atoms with E-state index in [1.54, 1.807) is 36.5 Å². The minimum Gasteiger partial charge on any atom is -0.530 e. The van der Waals surface area contributed by atoms with Crippen LogP contribution >= 0.6 is 0 Å². The summed E-state index contributed by atoms with van der Waals surface area (Å²) in [7, 11) is 0. The van der Waals surface area contributed by atoms with Crippen LogP contribution in [0.25, 0.3) is 10.8 Å². The zero-order valence-corrected chi connectivity index (χ0v) is 22.2. The lowest BCUT2D eigenvalue weighted by atomic mass is 9.87. The number of hydrogen-bond acceptors (Lipinski definition) is 7. The van der Waals surface area contributed by atoms with Crippen molar-refractivity contribution in [2.75, 3.05) is 31.6 Å². The van der Waals surface area contributed by atoms with Gasteiger partial charge in [-0.2, -0.15) is 0 Å². The van der Waals surface area contributed by atoms with Gasteiger partial charge >= 0.3 is 6.09 Å². The fourth-order valence-electron chi connectivity index (χ4n) is 4.95. The van der Waals surface area contributed by atoms with Gasteiger partial charge in [0.1, 0.15) is 36.7 Å². The number of aromatic nitrogens is 1. The number of nitrogens with zero attached hydrogens (tertiary/aromatic N) is 2.